The number of hydrogen-bond acceptors (Lipinski definition) is 2. The van der Waals surface area contributed by atoms with E-state index in [2.05, 4.69) is 27.3 Å². The van der Waals surface area contributed by atoms with Gasteiger partial charge in [-0.2, -0.15) is 5.26 Å². The highest BCUT2D eigenvalue weighted by atomic mass is 79.9. The van der Waals surface area contributed by atoms with E-state index in [1.165, 1.54) is 23.3 Å². The first kappa shape index (κ1) is 13.1. The number of halogens is 2. The molecule has 0 bridgehead atoms. The first-order valence-electron chi connectivity index (χ1n) is 6.42. The number of anilines is 1. The predicted octanol–water partition coefficient (Wildman–Crippen LogP) is 4.56. The molecule has 1 aliphatic carbocycles. The summed E-state index contributed by atoms with van der Waals surface area (Å²) in [5.74, 6) is -0.387. The smallest absolute Gasteiger partial charge is 0.124 e. The Morgan fingerprint density at radius 1 is 1.30 bits per heavy atom. The number of benzene rings is 2. The van der Waals surface area contributed by atoms with E-state index in [4.69, 9.17) is 5.26 Å². The summed E-state index contributed by atoms with van der Waals surface area (Å²) in [6.45, 7) is 0. The van der Waals surface area contributed by atoms with Gasteiger partial charge in [0, 0.05) is 4.47 Å². The van der Waals surface area contributed by atoms with Gasteiger partial charge < -0.3 is 5.32 Å². The molecule has 2 aromatic carbocycles. The third-order valence-corrected chi connectivity index (χ3v) is 4.39. The second kappa shape index (κ2) is 5.26. The van der Waals surface area contributed by atoms with Crippen molar-refractivity contribution in [2.45, 2.75) is 18.9 Å². The molecule has 1 atom stereocenters. The van der Waals surface area contributed by atoms with Crippen molar-refractivity contribution in [1.82, 2.24) is 0 Å². The fraction of sp³-hybridized carbons (Fsp3) is 0.188. The molecule has 0 radical (unpaired) electrons. The van der Waals surface area contributed by atoms with Crippen LogP contribution in [0.4, 0.5) is 10.1 Å². The van der Waals surface area contributed by atoms with E-state index in [9.17, 15) is 4.39 Å². The molecule has 0 aliphatic heterocycles. The van der Waals surface area contributed by atoms with Crippen LogP contribution in [0, 0.1) is 17.1 Å². The van der Waals surface area contributed by atoms with E-state index in [0.29, 0.717) is 11.3 Å². The van der Waals surface area contributed by atoms with Crippen molar-refractivity contribution in [1.29, 1.82) is 5.26 Å². The molecule has 0 spiro atoms. The van der Waals surface area contributed by atoms with Crippen LogP contribution in [0.2, 0.25) is 0 Å². The van der Waals surface area contributed by atoms with E-state index in [1.54, 1.807) is 6.07 Å². The lowest BCUT2D eigenvalue weighted by molar-refractivity contribution is 0.627. The van der Waals surface area contributed by atoms with Gasteiger partial charge in [-0.25, -0.2) is 4.39 Å². The van der Waals surface area contributed by atoms with E-state index in [0.717, 1.165) is 17.3 Å². The molecular formula is C16H12BrFN2. The molecule has 1 unspecified atom stereocenters. The number of hydrogen-bond donors (Lipinski definition) is 1. The van der Waals surface area contributed by atoms with Crippen LogP contribution in [-0.4, -0.2) is 0 Å². The van der Waals surface area contributed by atoms with Gasteiger partial charge in [0.2, 0.25) is 0 Å². The SMILES string of the molecule is N#Cc1cc(F)ccc1NC1CCc2c(Br)cccc21. The molecule has 0 aromatic heterocycles. The van der Waals surface area contributed by atoms with Crippen LogP contribution in [0.25, 0.3) is 0 Å². The average molecular weight is 331 g/mol. The summed E-state index contributed by atoms with van der Waals surface area (Å²) in [5, 5.41) is 12.5. The van der Waals surface area contributed by atoms with Gasteiger partial charge in [-0.3, -0.25) is 0 Å². The topological polar surface area (TPSA) is 35.8 Å². The van der Waals surface area contributed by atoms with Crippen LogP contribution in [0.3, 0.4) is 0 Å². The molecule has 1 aliphatic rings. The van der Waals surface area contributed by atoms with Crippen LogP contribution in [0.1, 0.15) is 29.2 Å². The van der Waals surface area contributed by atoms with Gasteiger partial charge in [-0.05, 0) is 48.2 Å². The number of nitrogens with one attached hydrogen (secondary N) is 1. The number of fused-ring (bicyclic) bond motifs is 1. The zero-order valence-electron chi connectivity index (χ0n) is 10.7. The van der Waals surface area contributed by atoms with Crippen molar-refractivity contribution in [2.75, 3.05) is 5.32 Å². The van der Waals surface area contributed by atoms with Crippen molar-refractivity contribution < 1.29 is 4.39 Å². The number of nitrogens with zero attached hydrogens (tertiary/aromatic N) is 1. The molecule has 0 saturated heterocycles. The number of rotatable bonds is 2. The minimum Gasteiger partial charge on any atom is -0.377 e. The number of nitriles is 1. The van der Waals surface area contributed by atoms with Crippen LogP contribution in [-0.2, 0) is 6.42 Å². The maximum atomic E-state index is 13.2. The lowest BCUT2D eigenvalue weighted by Gasteiger charge is -2.16. The Balaban J connectivity index is 1.92. The monoisotopic (exact) mass is 330 g/mol. The predicted molar refractivity (Wildman–Crippen MR) is 79.9 cm³/mol. The van der Waals surface area contributed by atoms with Crippen molar-refractivity contribution >= 4 is 21.6 Å². The van der Waals surface area contributed by atoms with E-state index >= 15 is 0 Å². The second-order valence-corrected chi connectivity index (χ2v) is 5.70. The highest BCUT2D eigenvalue weighted by Gasteiger charge is 2.24. The van der Waals surface area contributed by atoms with E-state index < -0.39 is 0 Å². The maximum Gasteiger partial charge on any atom is 0.124 e. The lowest BCUT2D eigenvalue weighted by atomic mass is 10.1. The molecule has 0 saturated carbocycles. The van der Waals surface area contributed by atoms with E-state index in [-0.39, 0.29) is 11.9 Å². The molecular weight excluding hydrogens is 319 g/mol. The summed E-state index contributed by atoms with van der Waals surface area (Å²) in [5.41, 5.74) is 3.58. The van der Waals surface area contributed by atoms with Gasteiger partial charge >= 0.3 is 0 Å². The molecule has 1 N–H and O–H groups in total. The average Bonchev–Trinajstić information content (AvgIpc) is 2.85. The van der Waals surface area contributed by atoms with Gasteiger partial charge in [0.15, 0.2) is 0 Å². The Hall–Kier alpha value is -1.86. The standard InChI is InChI=1S/C16H12BrFN2/c17-14-3-1-2-13-12(14)5-7-16(13)20-15-6-4-11(18)8-10(15)9-19/h1-4,6,8,16,20H,5,7H2. The van der Waals surface area contributed by atoms with Crippen molar-refractivity contribution in [2.24, 2.45) is 0 Å². The zero-order valence-corrected chi connectivity index (χ0v) is 12.2. The van der Waals surface area contributed by atoms with Gasteiger partial charge in [-0.1, -0.05) is 28.1 Å². The Labute approximate surface area is 125 Å². The van der Waals surface area contributed by atoms with Crippen LogP contribution in [0.5, 0.6) is 0 Å². The maximum absolute atomic E-state index is 13.2. The molecule has 100 valence electrons. The first-order chi connectivity index (χ1) is 9.69. The Morgan fingerprint density at radius 2 is 2.15 bits per heavy atom. The fourth-order valence-corrected chi connectivity index (χ4v) is 3.26. The highest BCUT2D eigenvalue weighted by molar-refractivity contribution is 9.10. The summed E-state index contributed by atoms with van der Waals surface area (Å²) in [7, 11) is 0. The Bertz CT molecular complexity index is 706. The first-order valence-corrected chi connectivity index (χ1v) is 7.22. The normalized spacial score (nSPS) is 16.6. The van der Waals surface area contributed by atoms with Crippen molar-refractivity contribution in [3.8, 4) is 6.07 Å². The minimum absolute atomic E-state index is 0.167. The molecule has 4 heteroatoms. The van der Waals surface area contributed by atoms with Gasteiger partial charge in [0.25, 0.3) is 0 Å². The Morgan fingerprint density at radius 3 is 2.95 bits per heavy atom. The second-order valence-electron chi connectivity index (χ2n) is 4.84. The summed E-state index contributed by atoms with van der Waals surface area (Å²) in [4.78, 5) is 0. The molecule has 20 heavy (non-hydrogen) atoms. The molecule has 0 fully saturated rings. The highest BCUT2D eigenvalue weighted by Crippen LogP contribution is 2.38. The van der Waals surface area contributed by atoms with Crippen LogP contribution < -0.4 is 5.32 Å². The third-order valence-electron chi connectivity index (χ3n) is 3.65. The molecule has 0 amide bonds. The van der Waals surface area contributed by atoms with Gasteiger partial charge in [0.1, 0.15) is 11.9 Å². The minimum atomic E-state index is -0.387. The van der Waals surface area contributed by atoms with Crippen LogP contribution >= 0.6 is 15.9 Å². The third kappa shape index (κ3) is 2.30. The van der Waals surface area contributed by atoms with E-state index in [1.807, 2.05) is 18.2 Å². The van der Waals surface area contributed by atoms with Crippen molar-refractivity contribution in [3.05, 3.63) is 63.4 Å². The molecule has 2 aromatic rings. The van der Waals surface area contributed by atoms with Crippen molar-refractivity contribution in [3.63, 3.8) is 0 Å². The zero-order chi connectivity index (χ0) is 14.1. The largest absolute Gasteiger partial charge is 0.377 e. The fourth-order valence-electron chi connectivity index (χ4n) is 2.68. The van der Waals surface area contributed by atoms with Gasteiger partial charge in [-0.15, -0.1) is 0 Å². The molecule has 3 rings (SSSR count). The quantitative estimate of drug-likeness (QED) is 0.876. The molecule has 0 heterocycles. The summed E-state index contributed by atoms with van der Waals surface area (Å²) in [6, 6.07) is 12.6. The van der Waals surface area contributed by atoms with Gasteiger partial charge in [0.05, 0.1) is 17.3 Å². The van der Waals surface area contributed by atoms with Crippen LogP contribution in [0.15, 0.2) is 40.9 Å². The summed E-state index contributed by atoms with van der Waals surface area (Å²) < 4.78 is 14.3. The summed E-state index contributed by atoms with van der Waals surface area (Å²) in [6.07, 6.45) is 1.97. The summed E-state index contributed by atoms with van der Waals surface area (Å²) >= 11 is 3.57. The lowest BCUT2D eigenvalue weighted by Crippen LogP contribution is -2.08. The Kier molecular flexibility index (Phi) is 3.45. The molecule has 2 nitrogen and oxygen atoms in total.